The normalized spacial score (nSPS) is 11.7. The Labute approximate surface area is 207 Å². The van der Waals surface area contributed by atoms with Crippen LogP contribution in [0.4, 0.5) is 10.1 Å². The summed E-state index contributed by atoms with van der Waals surface area (Å²) >= 11 is 0. The first kappa shape index (κ1) is 24.6. The molecule has 3 heterocycles. The van der Waals surface area contributed by atoms with Crippen LogP contribution in [0.15, 0.2) is 67.6 Å². The van der Waals surface area contributed by atoms with Crippen LogP contribution in [0.25, 0.3) is 33.3 Å². The smallest absolute Gasteiger partial charge is 0.304 e. The van der Waals surface area contributed by atoms with Gasteiger partial charge in [0.2, 0.25) is 11.9 Å². The van der Waals surface area contributed by atoms with Crippen LogP contribution in [0, 0.1) is 5.95 Å². The molecule has 0 N–H and O–H groups in total. The van der Waals surface area contributed by atoms with Crippen LogP contribution in [-0.4, -0.2) is 40.6 Å². The maximum atomic E-state index is 14.0. The van der Waals surface area contributed by atoms with E-state index in [9.17, 15) is 14.0 Å². The molecule has 0 spiro atoms. The van der Waals surface area contributed by atoms with Crippen LogP contribution in [0.2, 0.25) is 0 Å². The molecule has 0 radical (unpaired) electrons. The molecular formula is C27H25FN4O4. The monoisotopic (exact) mass is 488 g/mol. The fourth-order valence-corrected chi connectivity index (χ4v) is 3.99. The lowest BCUT2D eigenvalue weighted by Crippen LogP contribution is -2.23. The molecule has 0 saturated carbocycles. The summed E-state index contributed by atoms with van der Waals surface area (Å²) < 4.78 is 26.5. The van der Waals surface area contributed by atoms with Gasteiger partial charge in [-0.15, -0.1) is 0 Å². The Balaban J connectivity index is 1.92. The first-order valence-corrected chi connectivity index (χ1v) is 11.1. The summed E-state index contributed by atoms with van der Waals surface area (Å²) in [5.74, 6) is -0.748. The molecule has 184 valence electrons. The Morgan fingerprint density at radius 2 is 1.92 bits per heavy atom. The quantitative estimate of drug-likeness (QED) is 0.203. The number of halogens is 1. The molecule has 0 aliphatic carbocycles. The summed E-state index contributed by atoms with van der Waals surface area (Å²) in [5, 5.41) is 0.719. The van der Waals surface area contributed by atoms with Crippen molar-refractivity contribution < 1.29 is 23.5 Å². The average Bonchev–Trinajstić information content (AvgIpc) is 3.26. The van der Waals surface area contributed by atoms with Gasteiger partial charge in [0.15, 0.2) is 6.23 Å². The molecule has 4 aromatic rings. The number of benzene rings is 1. The molecule has 1 unspecified atom stereocenters. The summed E-state index contributed by atoms with van der Waals surface area (Å²) in [6.07, 6.45) is 5.45. The van der Waals surface area contributed by atoms with Gasteiger partial charge in [0.1, 0.15) is 11.4 Å². The number of aromatic nitrogens is 3. The summed E-state index contributed by atoms with van der Waals surface area (Å²) in [6.45, 7) is 6.61. The van der Waals surface area contributed by atoms with E-state index in [1.54, 1.807) is 50.2 Å². The van der Waals surface area contributed by atoms with Gasteiger partial charge in [-0.25, -0.2) is 9.97 Å². The van der Waals surface area contributed by atoms with Gasteiger partial charge in [0.05, 0.1) is 7.11 Å². The van der Waals surface area contributed by atoms with Gasteiger partial charge >= 0.3 is 5.97 Å². The third-order valence-corrected chi connectivity index (χ3v) is 5.79. The zero-order chi connectivity index (χ0) is 26.0. The molecule has 8 nitrogen and oxygen atoms in total. The predicted octanol–water partition coefficient (Wildman–Crippen LogP) is 5.14. The SMILES string of the molecule is C=CC(=O)N(C)c1cc(OC)cc(-c2cnc3c(c2)c(-c2ccnc(F)c2)cn3C(C)OC(C)=O)c1. The lowest BCUT2D eigenvalue weighted by molar-refractivity contribution is -0.149. The number of methoxy groups -OCH3 is 1. The second kappa shape index (κ2) is 9.99. The van der Waals surface area contributed by atoms with Gasteiger partial charge in [-0.3, -0.25) is 14.2 Å². The number of nitrogens with zero attached hydrogens (tertiary/aromatic N) is 4. The standard InChI is InChI=1S/C27H25FN4O4/c1-6-26(34)31(4)21-9-19(10-22(13-21)35-5)20-11-23-24(18-7-8-29-25(28)12-18)15-32(27(23)30-14-20)16(2)36-17(3)33/h6-16H,1H2,2-5H3. The molecule has 0 aliphatic rings. The van der Waals surface area contributed by atoms with Crippen molar-refractivity contribution in [3.8, 4) is 28.0 Å². The first-order chi connectivity index (χ1) is 17.2. The number of likely N-dealkylation sites (N-methyl/N-ethyl adjacent to an activating group) is 1. The molecule has 0 saturated heterocycles. The number of hydrogen-bond donors (Lipinski definition) is 0. The van der Waals surface area contributed by atoms with Gasteiger partial charge in [-0.2, -0.15) is 4.39 Å². The third kappa shape index (κ3) is 4.81. The molecule has 0 bridgehead atoms. The van der Waals surface area contributed by atoms with Gasteiger partial charge < -0.3 is 14.4 Å². The lowest BCUT2D eigenvalue weighted by atomic mass is 10.0. The van der Waals surface area contributed by atoms with Crippen molar-refractivity contribution in [3.05, 3.63) is 73.6 Å². The molecule has 3 aromatic heterocycles. The number of fused-ring (bicyclic) bond motifs is 1. The summed E-state index contributed by atoms with van der Waals surface area (Å²) in [5.41, 5.74) is 3.98. The number of pyridine rings is 2. The molecule has 1 aromatic carbocycles. The van der Waals surface area contributed by atoms with E-state index >= 15 is 0 Å². The zero-order valence-corrected chi connectivity index (χ0v) is 20.4. The topological polar surface area (TPSA) is 86.6 Å². The zero-order valence-electron chi connectivity index (χ0n) is 20.4. The molecule has 1 amide bonds. The van der Waals surface area contributed by atoms with Crippen molar-refractivity contribution in [2.75, 3.05) is 19.1 Å². The van der Waals surface area contributed by atoms with E-state index < -0.39 is 18.1 Å². The van der Waals surface area contributed by atoms with Crippen molar-refractivity contribution in [1.82, 2.24) is 14.5 Å². The van der Waals surface area contributed by atoms with Gasteiger partial charge in [0, 0.05) is 66.9 Å². The van der Waals surface area contributed by atoms with E-state index in [1.807, 2.05) is 18.2 Å². The molecule has 4 rings (SSSR count). The Morgan fingerprint density at radius 3 is 2.58 bits per heavy atom. The highest BCUT2D eigenvalue weighted by molar-refractivity contribution is 6.01. The maximum absolute atomic E-state index is 14.0. The third-order valence-electron chi connectivity index (χ3n) is 5.79. The van der Waals surface area contributed by atoms with E-state index in [4.69, 9.17) is 9.47 Å². The average molecular weight is 489 g/mol. The Bertz CT molecular complexity index is 1480. The van der Waals surface area contributed by atoms with E-state index in [1.165, 1.54) is 30.2 Å². The van der Waals surface area contributed by atoms with Crippen LogP contribution < -0.4 is 9.64 Å². The Kier molecular flexibility index (Phi) is 6.82. The van der Waals surface area contributed by atoms with Crippen molar-refractivity contribution in [3.63, 3.8) is 0 Å². The number of rotatable bonds is 7. The van der Waals surface area contributed by atoms with E-state index in [0.29, 0.717) is 28.2 Å². The van der Waals surface area contributed by atoms with Crippen LogP contribution in [0.5, 0.6) is 5.75 Å². The van der Waals surface area contributed by atoms with Gasteiger partial charge in [0.25, 0.3) is 0 Å². The second-order valence-electron chi connectivity index (χ2n) is 8.14. The lowest BCUT2D eigenvalue weighted by Gasteiger charge is -2.18. The molecular weight excluding hydrogens is 463 g/mol. The van der Waals surface area contributed by atoms with Crippen LogP contribution in [-0.2, 0) is 14.3 Å². The van der Waals surface area contributed by atoms with Crippen molar-refractivity contribution in [2.45, 2.75) is 20.1 Å². The van der Waals surface area contributed by atoms with E-state index in [-0.39, 0.29) is 5.91 Å². The van der Waals surface area contributed by atoms with Gasteiger partial charge in [-0.05, 0) is 48.4 Å². The summed E-state index contributed by atoms with van der Waals surface area (Å²) in [4.78, 5) is 33.5. The van der Waals surface area contributed by atoms with E-state index in [2.05, 4.69) is 16.5 Å². The minimum atomic E-state index is -0.634. The number of carbonyl (C=O) groups is 2. The van der Waals surface area contributed by atoms with Crippen LogP contribution in [0.1, 0.15) is 20.1 Å². The first-order valence-electron chi connectivity index (χ1n) is 11.1. The fraction of sp³-hybridized carbons (Fsp3) is 0.185. The van der Waals surface area contributed by atoms with Crippen LogP contribution in [0.3, 0.4) is 0 Å². The number of anilines is 1. The molecule has 0 fully saturated rings. The molecule has 0 aliphatic heterocycles. The summed E-state index contributed by atoms with van der Waals surface area (Å²) in [6, 6.07) is 10.4. The highest BCUT2D eigenvalue weighted by Gasteiger charge is 2.19. The number of ether oxygens (including phenoxy) is 2. The Hall–Kier alpha value is -4.53. The minimum absolute atomic E-state index is 0.263. The molecule has 36 heavy (non-hydrogen) atoms. The minimum Gasteiger partial charge on any atom is -0.497 e. The maximum Gasteiger partial charge on any atom is 0.304 e. The summed E-state index contributed by atoms with van der Waals surface area (Å²) in [7, 11) is 3.20. The molecule has 1 atom stereocenters. The van der Waals surface area contributed by atoms with Crippen molar-refractivity contribution in [2.24, 2.45) is 0 Å². The number of hydrogen-bond acceptors (Lipinski definition) is 6. The Morgan fingerprint density at radius 1 is 1.14 bits per heavy atom. The highest BCUT2D eigenvalue weighted by Crippen LogP contribution is 2.36. The molecule has 9 heteroatoms. The fourth-order valence-electron chi connectivity index (χ4n) is 3.99. The highest BCUT2D eigenvalue weighted by atomic mass is 19.1. The largest absolute Gasteiger partial charge is 0.497 e. The second-order valence-corrected chi connectivity index (χ2v) is 8.14. The number of carbonyl (C=O) groups excluding carboxylic acids is 2. The van der Waals surface area contributed by atoms with Crippen molar-refractivity contribution >= 4 is 28.6 Å². The van der Waals surface area contributed by atoms with Crippen LogP contribution >= 0.6 is 0 Å². The number of amides is 1. The predicted molar refractivity (Wildman–Crippen MR) is 135 cm³/mol. The van der Waals surface area contributed by atoms with Gasteiger partial charge in [-0.1, -0.05) is 6.58 Å². The van der Waals surface area contributed by atoms with E-state index in [0.717, 1.165) is 16.5 Å². The van der Waals surface area contributed by atoms with Crippen molar-refractivity contribution in [1.29, 1.82) is 0 Å². The number of esters is 1.